The molecule has 1 aromatic rings. The molecule has 0 bridgehead atoms. The summed E-state index contributed by atoms with van der Waals surface area (Å²) in [6.07, 6.45) is 9.39. The maximum Gasteiger partial charge on any atom is 0.225 e. The molecule has 1 N–H and O–H groups in total. The molecule has 0 radical (unpaired) electrons. The Morgan fingerprint density at radius 3 is 2.80 bits per heavy atom. The van der Waals surface area contributed by atoms with E-state index in [1.165, 1.54) is 12.8 Å². The Hall–Kier alpha value is -1.85. The number of piperidine rings is 1. The lowest BCUT2D eigenvalue weighted by Gasteiger charge is -2.36. The van der Waals surface area contributed by atoms with Crippen molar-refractivity contribution >= 4 is 11.8 Å². The van der Waals surface area contributed by atoms with Gasteiger partial charge in [-0.25, -0.2) is 4.98 Å². The van der Waals surface area contributed by atoms with Gasteiger partial charge in [-0.15, -0.1) is 0 Å². The van der Waals surface area contributed by atoms with Crippen LogP contribution in [0.1, 0.15) is 58.1 Å². The number of rotatable bonds is 6. The van der Waals surface area contributed by atoms with Crippen LogP contribution >= 0.6 is 0 Å². The van der Waals surface area contributed by atoms with E-state index >= 15 is 0 Å². The lowest BCUT2D eigenvalue weighted by Crippen LogP contribution is -2.49. The maximum absolute atomic E-state index is 12.6. The summed E-state index contributed by atoms with van der Waals surface area (Å²) in [7, 11) is 0. The molecule has 1 aliphatic heterocycles. The number of imidazole rings is 1. The van der Waals surface area contributed by atoms with E-state index in [0.717, 1.165) is 25.1 Å². The van der Waals surface area contributed by atoms with Crippen LogP contribution in [0, 0.1) is 11.8 Å². The van der Waals surface area contributed by atoms with Gasteiger partial charge < -0.3 is 14.8 Å². The SMILES string of the molecule is CC(C)Cn1cncc1CNC(=O)[C@H]1CCC(=O)N(C2CCCC2)C1. The number of amides is 2. The quantitative estimate of drug-likeness (QED) is 0.860. The van der Waals surface area contributed by atoms with Crippen LogP contribution in [0.2, 0.25) is 0 Å². The Bertz CT molecular complexity index is 604. The molecule has 1 aromatic heterocycles. The normalized spacial score (nSPS) is 22.0. The highest BCUT2D eigenvalue weighted by atomic mass is 16.2. The van der Waals surface area contributed by atoms with E-state index in [1.54, 1.807) is 0 Å². The van der Waals surface area contributed by atoms with Gasteiger partial charge in [-0.1, -0.05) is 26.7 Å². The summed E-state index contributed by atoms with van der Waals surface area (Å²) in [4.78, 5) is 31.0. The van der Waals surface area contributed by atoms with E-state index in [0.29, 0.717) is 37.9 Å². The monoisotopic (exact) mass is 346 g/mol. The van der Waals surface area contributed by atoms with E-state index in [2.05, 4.69) is 28.7 Å². The van der Waals surface area contributed by atoms with Gasteiger partial charge in [-0.2, -0.15) is 0 Å². The van der Waals surface area contributed by atoms with Crippen LogP contribution in [-0.2, 0) is 22.7 Å². The summed E-state index contributed by atoms with van der Waals surface area (Å²) < 4.78 is 2.10. The van der Waals surface area contributed by atoms with Crippen LogP contribution in [0.4, 0.5) is 0 Å². The van der Waals surface area contributed by atoms with Crippen molar-refractivity contribution < 1.29 is 9.59 Å². The number of carbonyl (C=O) groups is 2. The van der Waals surface area contributed by atoms with Crippen LogP contribution in [0.5, 0.6) is 0 Å². The molecule has 1 saturated heterocycles. The molecule has 0 aromatic carbocycles. The number of nitrogens with one attached hydrogen (secondary N) is 1. The molecule has 6 nitrogen and oxygen atoms in total. The molecule has 25 heavy (non-hydrogen) atoms. The number of hydrogen-bond donors (Lipinski definition) is 1. The second-order valence-electron chi connectivity index (χ2n) is 7.87. The van der Waals surface area contributed by atoms with Crippen molar-refractivity contribution in [1.82, 2.24) is 19.8 Å². The Morgan fingerprint density at radius 2 is 2.08 bits per heavy atom. The average Bonchev–Trinajstić information content (AvgIpc) is 3.24. The van der Waals surface area contributed by atoms with Gasteiger partial charge in [0.05, 0.1) is 24.5 Å². The third-order valence-corrected chi connectivity index (χ3v) is 5.38. The molecule has 1 atom stereocenters. The van der Waals surface area contributed by atoms with Gasteiger partial charge in [-0.3, -0.25) is 9.59 Å². The molecule has 6 heteroatoms. The van der Waals surface area contributed by atoms with Gasteiger partial charge in [-0.05, 0) is 25.2 Å². The fourth-order valence-corrected chi connectivity index (χ4v) is 4.03. The van der Waals surface area contributed by atoms with E-state index in [9.17, 15) is 9.59 Å². The van der Waals surface area contributed by atoms with Gasteiger partial charge in [0.25, 0.3) is 0 Å². The number of hydrogen-bond acceptors (Lipinski definition) is 3. The molecule has 3 rings (SSSR count). The molecule has 1 saturated carbocycles. The third kappa shape index (κ3) is 4.41. The predicted molar refractivity (Wildman–Crippen MR) is 95.6 cm³/mol. The average molecular weight is 346 g/mol. The Morgan fingerprint density at radius 1 is 1.32 bits per heavy atom. The second-order valence-corrected chi connectivity index (χ2v) is 7.87. The topological polar surface area (TPSA) is 67.2 Å². The Kier molecular flexibility index (Phi) is 5.76. The van der Waals surface area contributed by atoms with Crippen LogP contribution < -0.4 is 5.32 Å². The van der Waals surface area contributed by atoms with Crippen molar-refractivity contribution in [3.63, 3.8) is 0 Å². The van der Waals surface area contributed by atoms with E-state index in [1.807, 2.05) is 17.4 Å². The predicted octanol–water partition coefficient (Wildman–Crippen LogP) is 2.34. The zero-order chi connectivity index (χ0) is 17.8. The van der Waals surface area contributed by atoms with Crippen LogP contribution in [-0.4, -0.2) is 38.9 Å². The first kappa shape index (κ1) is 18.0. The highest BCUT2D eigenvalue weighted by Crippen LogP contribution is 2.28. The van der Waals surface area contributed by atoms with Crippen molar-refractivity contribution in [1.29, 1.82) is 0 Å². The molecule has 2 fully saturated rings. The Labute approximate surface area is 150 Å². The molecule has 0 spiro atoms. The number of likely N-dealkylation sites (tertiary alicyclic amines) is 1. The number of nitrogens with zero attached hydrogens (tertiary/aromatic N) is 3. The standard InChI is InChI=1S/C19H30N4O2/c1-14(2)11-22-13-20-9-17(22)10-21-19(25)15-7-8-18(24)23(12-15)16-5-3-4-6-16/h9,13-16H,3-8,10-12H2,1-2H3,(H,21,25)/t15-/m0/s1. The molecular formula is C19H30N4O2. The first-order valence-electron chi connectivity index (χ1n) is 9.60. The summed E-state index contributed by atoms with van der Waals surface area (Å²) in [5, 5.41) is 3.06. The molecule has 0 unspecified atom stereocenters. The van der Waals surface area contributed by atoms with Gasteiger partial charge in [0.1, 0.15) is 0 Å². The minimum absolute atomic E-state index is 0.0628. The number of carbonyl (C=O) groups excluding carboxylic acids is 2. The summed E-state index contributed by atoms with van der Waals surface area (Å²) in [5.74, 6) is 0.742. The summed E-state index contributed by atoms with van der Waals surface area (Å²) in [6.45, 7) is 6.32. The first-order chi connectivity index (χ1) is 12.0. The highest BCUT2D eigenvalue weighted by molar-refractivity contribution is 5.84. The van der Waals surface area contributed by atoms with E-state index in [4.69, 9.17) is 0 Å². The van der Waals surface area contributed by atoms with Crippen LogP contribution in [0.15, 0.2) is 12.5 Å². The van der Waals surface area contributed by atoms with Crippen molar-refractivity contribution in [2.45, 2.75) is 71.5 Å². The number of aromatic nitrogens is 2. The molecule has 2 heterocycles. The minimum Gasteiger partial charge on any atom is -0.350 e. The Balaban J connectivity index is 1.54. The molecule has 2 aliphatic rings. The van der Waals surface area contributed by atoms with Crippen molar-refractivity contribution in [3.05, 3.63) is 18.2 Å². The van der Waals surface area contributed by atoms with Gasteiger partial charge in [0, 0.05) is 31.7 Å². The molecule has 1 aliphatic carbocycles. The second kappa shape index (κ2) is 8.02. The molecule has 2 amide bonds. The zero-order valence-electron chi connectivity index (χ0n) is 15.4. The minimum atomic E-state index is -0.0835. The van der Waals surface area contributed by atoms with Gasteiger partial charge >= 0.3 is 0 Å². The van der Waals surface area contributed by atoms with Gasteiger partial charge in [0.2, 0.25) is 11.8 Å². The van der Waals surface area contributed by atoms with Crippen LogP contribution in [0.3, 0.4) is 0 Å². The fourth-order valence-electron chi connectivity index (χ4n) is 4.03. The lowest BCUT2D eigenvalue weighted by molar-refractivity contribution is -0.140. The van der Waals surface area contributed by atoms with Crippen molar-refractivity contribution in [2.24, 2.45) is 11.8 Å². The zero-order valence-corrected chi connectivity index (χ0v) is 15.4. The largest absolute Gasteiger partial charge is 0.350 e. The molecule has 138 valence electrons. The lowest BCUT2D eigenvalue weighted by atomic mass is 9.95. The van der Waals surface area contributed by atoms with Gasteiger partial charge in [0.15, 0.2) is 0 Å². The van der Waals surface area contributed by atoms with Crippen molar-refractivity contribution in [2.75, 3.05) is 6.54 Å². The summed E-state index contributed by atoms with van der Waals surface area (Å²) in [6, 6.07) is 0.357. The maximum atomic E-state index is 12.6. The molecular weight excluding hydrogens is 316 g/mol. The van der Waals surface area contributed by atoms with E-state index < -0.39 is 0 Å². The van der Waals surface area contributed by atoms with Crippen LogP contribution in [0.25, 0.3) is 0 Å². The first-order valence-corrected chi connectivity index (χ1v) is 9.60. The smallest absolute Gasteiger partial charge is 0.225 e. The highest BCUT2D eigenvalue weighted by Gasteiger charge is 2.35. The van der Waals surface area contributed by atoms with Crippen molar-refractivity contribution in [3.8, 4) is 0 Å². The van der Waals surface area contributed by atoms with E-state index in [-0.39, 0.29) is 17.7 Å². The third-order valence-electron chi connectivity index (χ3n) is 5.38. The summed E-state index contributed by atoms with van der Waals surface area (Å²) >= 11 is 0. The fraction of sp³-hybridized carbons (Fsp3) is 0.737. The summed E-state index contributed by atoms with van der Waals surface area (Å²) in [5.41, 5.74) is 1.03.